The largest absolute Gasteiger partial charge is 0.396 e. The highest BCUT2D eigenvalue weighted by molar-refractivity contribution is 6.05. The molecule has 4 rings (SSSR count). The first kappa shape index (κ1) is 20.5. The molecule has 28 heavy (non-hydrogen) atoms. The first-order chi connectivity index (χ1) is 13.4. The summed E-state index contributed by atoms with van der Waals surface area (Å²) < 4.78 is 0. The molecule has 1 unspecified atom stereocenters. The van der Waals surface area contributed by atoms with Crippen LogP contribution in [0.2, 0.25) is 0 Å². The lowest BCUT2D eigenvalue weighted by atomic mass is 9.87. The van der Waals surface area contributed by atoms with Gasteiger partial charge in [0.15, 0.2) is 0 Å². The minimum absolute atomic E-state index is 0.121. The SMILES string of the molecule is Cc1ccc2c(c1)CN(C1CCC(=O)NC1=O)C2=O.NC1CCC(CO)CC1. The van der Waals surface area contributed by atoms with Crippen molar-refractivity contribution in [3.63, 3.8) is 0 Å². The number of carbonyl (C=O) groups excluding carboxylic acids is 3. The molecular weight excluding hydrogens is 358 g/mol. The number of aliphatic hydroxyl groups excluding tert-OH is 1. The van der Waals surface area contributed by atoms with E-state index in [0.29, 0.717) is 37.1 Å². The van der Waals surface area contributed by atoms with E-state index >= 15 is 0 Å². The van der Waals surface area contributed by atoms with Crippen molar-refractivity contribution in [2.45, 2.75) is 64.1 Å². The maximum absolute atomic E-state index is 12.3. The molecule has 3 amide bonds. The lowest BCUT2D eigenvalue weighted by Gasteiger charge is -2.29. The summed E-state index contributed by atoms with van der Waals surface area (Å²) in [6, 6.07) is 5.55. The Kier molecular flexibility index (Phi) is 6.46. The number of hydrogen-bond acceptors (Lipinski definition) is 5. The van der Waals surface area contributed by atoms with Crippen LogP contribution in [0.15, 0.2) is 18.2 Å². The Hall–Kier alpha value is -2.25. The molecule has 1 saturated carbocycles. The molecule has 0 radical (unpaired) electrons. The van der Waals surface area contributed by atoms with Gasteiger partial charge in [0.2, 0.25) is 11.8 Å². The number of aliphatic hydroxyl groups is 1. The van der Waals surface area contributed by atoms with E-state index in [-0.39, 0.29) is 24.1 Å². The number of piperidine rings is 1. The Morgan fingerprint density at radius 3 is 2.50 bits per heavy atom. The van der Waals surface area contributed by atoms with Crippen LogP contribution in [0.25, 0.3) is 0 Å². The highest BCUT2D eigenvalue weighted by atomic mass is 16.3. The van der Waals surface area contributed by atoms with Crippen LogP contribution in [-0.4, -0.2) is 46.4 Å². The summed E-state index contributed by atoms with van der Waals surface area (Å²) in [6.07, 6.45) is 5.14. The van der Waals surface area contributed by atoms with Gasteiger partial charge in [0.25, 0.3) is 5.91 Å². The van der Waals surface area contributed by atoms with Crippen molar-refractivity contribution < 1.29 is 19.5 Å². The fraction of sp³-hybridized carbons (Fsp3) is 0.571. The zero-order valence-corrected chi connectivity index (χ0v) is 16.3. The molecule has 2 heterocycles. The molecule has 1 atom stereocenters. The van der Waals surface area contributed by atoms with Gasteiger partial charge in [-0.2, -0.15) is 0 Å². The van der Waals surface area contributed by atoms with Gasteiger partial charge in [0.1, 0.15) is 6.04 Å². The second-order valence-corrected chi connectivity index (χ2v) is 8.02. The smallest absolute Gasteiger partial charge is 0.255 e. The van der Waals surface area contributed by atoms with Crippen LogP contribution < -0.4 is 11.1 Å². The Labute approximate surface area is 165 Å². The Morgan fingerprint density at radius 2 is 1.86 bits per heavy atom. The van der Waals surface area contributed by atoms with Crippen molar-refractivity contribution in [3.8, 4) is 0 Å². The van der Waals surface area contributed by atoms with Gasteiger partial charge >= 0.3 is 0 Å². The van der Waals surface area contributed by atoms with Gasteiger partial charge in [-0.3, -0.25) is 19.7 Å². The summed E-state index contributed by atoms with van der Waals surface area (Å²) in [4.78, 5) is 36.8. The average Bonchev–Trinajstić information content (AvgIpc) is 2.98. The molecular formula is C21H29N3O4. The summed E-state index contributed by atoms with van der Waals surface area (Å²) in [6.45, 7) is 2.77. The topological polar surface area (TPSA) is 113 Å². The van der Waals surface area contributed by atoms with E-state index in [2.05, 4.69) is 5.32 Å². The van der Waals surface area contributed by atoms with E-state index in [9.17, 15) is 14.4 Å². The first-order valence-electron chi connectivity index (χ1n) is 9.99. The van der Waals surface area contributed by atoms with Crippen LogP contribution in [0.4, 0.5) is 0 Å². The number of amides is 3. The van der Waals surface area contributed by atoms with E-state index in [1.165, 1.54) is 0 Å². The average molecular weight is 387 g/mol. The van der Waals surface area contributed by atoms with E-state index in [4.69, 9.17) is 10.8 Å². The Balaban J connectivity index is 0.000000211. The molecule has 152 valence electrons. The van der Waals surface area contributed by atoms with Crippen LogP contribution in [0.5, 0.6) is 0 Å². The Bertz CT molecular complexity index is 756. The lowest BCUT2D eigenvalue weighted by Crippen LogP contribution is -2.52. The maximum atomic E-state index is 12.3. The van der Waals surface area contributed by atoms with Gasteiger partial charge in [-0.25, -0.2) is 0 Å². The number of benzene rings is 1. The number of hydrogen-bond donors (Lipinski definition) is 3. The van der Waals surface area contributed by atoms with Gasteiger partial charge in [-0.15, -0.1) is 0 Å². The number of carbonyl (C=O) groups is 3. The van der Waals surface area contributed by atoms with E-state index < -0.39 is 6.04 Å². The molecule has 0 aromatic heterocycles. The molecule has 2 fully saturated rings. The highest BCUT2D eigenvalue weighted by Gasteiger charge is 2.38. The molecule has 0 spiro atoms. The third-order valence-electron chi connectivity index (χ3n) is 5.83. The minimum Gasteiger partial charge on any atom is -0.396 e. The Morgan fingerprint density at radius 1 is 1.14 bits per heavy atom. The predicted octanol–water partition coefficient (Wildman–Crippen LogP) is 1.25. The third-order valence-corrected chi connectivity index (χ3v) is 5.83. The zero-order chi connectivity index (χ0) is 20.3. The van der Waals surface area contributed by atoms with Crippen molar-refractivity contribution in [1.29, 1.82) is 0 Å². The van der Waals surface area contributed by atoms with Crippen molar-refractivity contribution in [1.82, 2.24) is 10.2 Å². The number of imide groups is 1. The molecule has 0 bridgehead atoms. The third kappa shape index (κ3) is 4.59. The summed E-state index contributed by atoms with van der Waals surface area (Å²) >= 11 is 0. The van der Waals surface area contributed by atoms with E-state index in [1.54, 1.807) is 11.0 Å². The van der Waals surface area contributed by atoms with Crippen LogP contribution in [0.3, 0.4) is 0 Å². The molecule has 7 nitrogen and oxygen atoms in total. The van der Waals surface area contributed by atoms with Gasteiger partial charge in [0.05, 0.1) is 0 Å². The van der Waals surface area contributed by atoms with Crippen molar-refractivity contribution in [2.24, 2.45) is 11.7 Å². The monoisotopic (exact) mass is 387 g/mol. The molecule has 3 aliphatic rings. The fourth-order valence-corrected chi connectivity index (χ4v) is 4.07. The first-order valence-corrected chi connectivity index (χ1v) is 9.99. The number of nitrogens with one attached hydrogen (secondary N) is 1. The highest BCUT2D eigenvalue weighted by Crippen LogP contribution is 2.28. The van der Waals surface area contributed by atoms with Crippen LogP contribution in [-0.2, 0) is 16.1 Å². The number of nitrogens with zero attached hydrogens (tertiary/aromatic N) is 1. The van der Waals surface area contributed by atoms with Crippen molar-refractivity contribution in [3.05, 3.63) is 34.9 Å². The second-order valence-electron chi connectivity index (χ2n) is 8.02. The van der Waals surface area contributed by atoms with Gasteiger partial charge in [-0.05, 0) is 56.6 Å². The maximum Gasteiger partial charge on any atom is 0.255 e. The lowest BCUT2D eigenvalue weighted by molar-refractivity contribution is -0.136. The minimum atomic E-state index is -0.530. The number of nitrogens with two attached hydrogens (primary N) is 1. The molecule has 1 aromatic carbocycles. The fourth-order valence-electron chi connectivity index (χ4n) is 4.07. The quantitative estimate of drug-likeness (QED) is 0.661. The standard InChI is InChI=1S/C14H14N2O3.C7H15NO/c1-8-2-3-10-9(6-8)7-16(14(10)19)11-4-5-12(17)15-13(11)18;8-7-3-1-6(5-9)2-4-7/h2-3,6,11H,4-5,7H2,1H3,(H,15,17,18);6-7,9H,1-5,8H2. The number of rotatable bonds is 2. The van der Waals surface area contributed by atoms with Crippen molar-refractivity contribution in [2.75, 3.05) is 6.61 Å². The van der Waals surface area contributed by atoms with Gasteiger partial charge < -0.3 is 15.7 Å². The zero-order valence-electron chi connectivity index (χ0n) is 16.3. The molecule has 2 aliphatic heterocycles. The van der Waals surface area contributed by atoms with Crippen LogP contribution >= 0.6 is 0 Å². The van der Waals surface area contributed by atoms with E-state index in [0.717, 1.165) is 36.8 Å². The summed E-state index contributed by atoms with van der Waals surface area (Å²) in [5.74, 6) is -0.204. The van der Waals surface area contributed by atoms with E-state index in [1.807, 2.05) is 19.1 Å². The normalized spacial score (nSPS) is 27.0. The van der Waals surface area contributed by atoms with Crippen LogP contribution in [0.1, 0.15) is 60.0 Å². The number of fused-ring (bicyclic) bond motifs is 1. The molecule has 1 aromatic rings. The second kappa shape index (κ2) is 8.84. The van der Waals surface area contributed by atoms with Crippen LogP contribution in [0, 0.1) is 12.8 Å². The van der Waals surface area contributed by atoms with Gasteiger partial charge in [0, 0.05) is 31.2 Å². The molecule has 1 aliphatic carbocycles. The molecule has 1 saturated heterocycles. The molecule has 4 N–H and O–H groups in total. The van der Waals surface area contributed by atoms with Gasteiger partial charge in [-0.1, -0.05) is 17.7 Å². The molecule has 7 heteroatoms. The van der Waals surface area contributed by atoms with Crippen molar-refractivity contribution >= 4 is 17.7 Å². The predicted molar refractivity (Wildman–Crippen MR) is 104 cm³/mol. The summed E-state index contributed by atoms with van der Waals surface area (Å²) in [7, 11) is 0. The number of aryl methyl sites for hydroxylation is 1. The summed E-state index contributed by atoms with van der Waals surface area (Å²) in [5.41, 5.74) is 8.38. The summed E-state index contributed by atoms with van der Waals surface area (Å²) in [5, 5.41) is 11.0.